The van der Waals surface area contributed by atoms with Crippen molar-refractivity contribution < 1.29 is 9.15 Å². The van der Waals surface area contributed by atoms with Crippen molar-refractivity contribution in [2.24, 2.45) is 0 Å². The Hall–Kier alpha value is -3.29. The molecule has 0 unspecified atom stereocenters. The van der Waals surface area contributed by atoms with Crippen molar-refractivity contribution in [1.82, 2.24) is 19.9 Å². The third kappa shape index (κ3) is 3.83. The molecule has 0 N–H and O–H groups in total. The highest BCUT2D eigenvalue weighted by atomic mass is 32.1. The normalized spacial score (nSPS) is 11.5. The van der Waals surface area contributed by atoms with Gasteiger partial charge in [0.1, 0.15) is 11.3 Å². The standard InChI is InChI=1S/C22H18N4O2S/c1-26(12-15-4-2-8-23-11-15)13-16-14-27-19-10-17(6-7-18(16)19)28-22-25-21-20(29-22)5-3-9-24-21/h2-11,14H,12-13H2,1H3. The van der Waals surface area contributed by atoms with Crippen LogP contribution in [0.2, 0.25) is 0 Å². The minimum absolute atomic E-state index is 0.570. The van der Waals surface area contributed by atoms with E-state index in [-0.39, 0.29) is 0 Å². The van der Waals surface area contributed by atoms with Crippen molar-refractivity contribution in [3.05, 3.63) is 78.4 Å². The van der Waals surface area contributed by atoms with E-state index in [2.05, 4.69) is 33.0 Å². The average Bonchev–Trinajstić information content (AvgIpc) is 3.32. The Morgan fingerprint density at radius 2 is 2.03 bits per heavy atom. The van der Waals surface area contributed by atoms with Gasteiger partial charge in [0.15, 0.2) is 5.65 Å². The average molecular weight is 402 g/mol. The zero-order valence-corrected chi connectivity index (χ0v) is 16.6. The number of ether oxygens (including phenoxy) is 1. The van der Waals surface area contributed by atoms with Crippen LogP contribution in [0.1, 0.15) is 11.1 Å². The monoisotopic (exact) mass is 402 g/mol. The van der Waals surface area contributed by atoms with Crippen molar-refractivity contribution in [3.8, 4) is 10.9 Å². The summed E-state index contributed by atoms with van der Waals surface area (Å²) < 4.78 is 12.7. The number of pyridine rings is 2. The fourth-order valence-electron chi connectivity index (χ4n) is 3.29. The molecule has 4 aromatic heterocycles. The van der Waals surface area contributed by atoms with E-state index < -0.39 is 0 Å². The number of benzene rings is 1. The van der Waals surface area contributed by atoms with Gasteiger partial charge < -0.3 is 9.15 Å². The van der Waals surface area contributed by atoms with Gasteiger partial charge in [0.25, 0.3) is 5.19 Å². The molecule has 0 fully saturated rings. The Balaban J connectivity index is 1.32. The van der Waals surface area contributed by atoms with Crippen LogP contribution in [0.5, 0.6) is 10.9 Å². The van der Waals surface area contributed by atoms with Crippen LogP contribution in [0.3, 0.4) is 0 Å². The maximum Gasteiger partial charge on any atom is 0.281 e. The van der Waals surface area contributed by atoms with Gasteiger partial charge in [-0.15, -0.1) is 0 Å². The molecule has 6 nitrogen and oxygen atoms in total. The molecule has 0 aliphatic carbocycles. The molecule has 0 amide bonds. The topological polar surface area (TPSA) is 64.3 Å². The first kappa shape index (κ1) is 17.8. The van der Waals surface area contributed by atoms with Gasteiger partial charge in [-0.2, -0.15) is 4.98 Å². The van der Waals surface area contributed by atoms with E-state index in [1.54, 1.807) is 12.4 Å². The molecule has 5 rings (SSSR count). The zero-order valence-electron chi connectivity index (χ0n) is 15.8. The summed E-state index contributed by atoms with van der Waals surface area (Å²) in [4.78, 5) is 15.1. The fraction of sp³-hybridized carbons (Fsp3) is 0.136. The second-order valence-corrected chi connectivity index (χ2v) is 7.85. The molecule has 144 valence electrons. The number of aromatic nitrogens is 3. The first-order chi connectivity index (χ1) is 14.2. The molecule has 0 saturated carbocycles. The van der Waals surface area contributed by atoms with Gasteiger partial charge in [0, 0.05) is 48.7 Å². The van der Waals surface area contributed by atoms with Crippen molar-refractivity contribution in [1.29, 1.82) is 0 Å². The van der Waals surface area contributed by atoms with Crippen LogP contribution in [0.25, 0.3) is 21.3 Å². The van der Waals surface area contributed by atoms with Crippen LogP contribution in [-0.4, -0.2) is 26.9 Å². The third-order valence-corrected chi connectivity index (χ3v) is 5.48. The summed E-state index contributed by atoms with van der Waals surface area (Å²) in [6.45, 7) is 1.61. The predicted molar refractivity (Wildman–Crippen MR) is 113 cm³/mol. The second kappa shape index (κ2) is 7.62. The molecule has 0 radical (unpaired) electrons. The maximum absolute atomic E-state index is 5.93. The molecule has 0 aliphatic heterocycles. The highest BCUT2D eigenvalue weighted by molar-refractivity contribution is 7.20. The van der Waals surface area contributed by atoms with Crippen LogP contribution in [0.4, 0.5) is 0 Å². The van der Waals surface area contributed by atoms with E-state index >= 15 is 0 Å². The predicted octanol–water partition coefficient (Wildman–Crippen LogP) is 5.26. The summed E-state index contributed by atoms with van der Waals surface area (Å²) >= 11 is 1.47. The molecular formula is C22H18N4O2S. The number of hydrogen-bond donors (Lipinski definition) is 0. The molecule has 0 bridgehead atoms. The Morgan fingerprint density at radius 1 is 1.10 bits per heavy atom. The summed E-state index contributed by atoms with van der Waals surface area (Å²) in [5, 5.41) is 1.65. The lowest BCUT2D eigenvalue weighted by molar-refractivity contribution is 0.318. The Bertz CT molecular complexity index is 1230. The summed E-state index contributed by atoms with van der Waals surface area (Å²) in [5.74, 6) is 0.696. The molecule has 0 aliphatic rings. The van der Waals surface area contributed by atoms with Gasteiger partial charge in [-0.3, -0.25) is 9.88 Å². The quantitative estimate of drug-likeness (QED) is 0.386. The Kier molecular flexibility index (Phi) is 4.67. The number of nitrogens with zero attached hydrogens (tertiary/aromatic N) is 4. The van der Waals surface area contributed by atoms with Crippen LogP contribution in [-0.2, 0) is 13.1 Å². The second-order valence-electron chi connectivity index (χ2n) is 6.86. The Morgan fingerprint density at radius 3 is 2.90 bits per heavy atom. The van der Waals surface area contributed by atoms with E-state index in [1.165, 1.54) is 16.9 Å². The SMILES string of the molecule is CN(Cc1cccnc1)Cc1coc2cc(Oc3nc4ncccc4s3)ccc12. The molecule has 5 aromatic rings. The molecular weight excluding hydrogens is 384 g/mol. The number of furan rings is 1. The molecule has 7 heteroatoms. The minimum atomic E-state index is 0.570. The fourth-order valence-corrected chi connectivity index (χ4v) is 4.09. The van der Waals surface area contributed by atoms with Crippen LogP contribution in [0.15, 0.2) is 71.7 Å². The van der Waals surface area contributed by atoms with E-state index in [4.69, 9.17) is 9.15 Å². The lowest BCUT2D eigenvalue weighted by Crippen LogP contribution is -2.17. The van der Waals surface area contributed by atoms with E-state index in [0.717, 1.165) is 34.3 Å². The number of thiazole rings is 1. The smallest absolute Gasteiger partial charge is 0.281 e. The van der Waals surface area contributed by atoms with Gasteiger partial charge in [-0.1, -0.05) is 17.4 Å². The first-order valence-electron chi connectivity index (χ1n) is 9.21. The summed E-state index contributed by atoms with van der Waals surface area (Å²) in [7, 11) is 2.09. The molecule has 0 atom stereocenters. The van der Waals surface area contributed by atoms with Gasteiger partial charge in [-0.05, 0) is 42.9 Å². The number of hydrogen-bond acceptors (Lipinski definition) is 7. The lowest BCUT2D eigenvalue weighted by atomic mass is 10.1. The minimum Gasteiger partial charge on any atom is -0.464 e. The summed E-state index contributed by atoms with van der Waals surface area (Å²) in [6.07, 6.45) is 7.23. The van der Waals surface area contributed by atoms with Crippen LogP contribution in [0, 0.1) is 0 Å². The van der Waals surface area contributed by atoms with E-state index in [1.807, 2.05) is 48.9 Å². The van der Waals surface area contributed by atoms with Crippen molar-refractivity contribution >= 4 is 32.7 Å². The number of rotatable bonds is 6. The van der Waals surface area contributed by atoms with Crippen LogP contribution < -0.4 is 4.74 Å². The summed E-state index contributed by atoms with van der Waals surface area (Å²) in [5.41, 5.74) is 3.82. The largest absolute Gasteiger partial charge is 0.464 e. The lowest BCUT2D eigenvalue weighted by Gasteiger charge is -2.15. The zero-order chi connectivity index (χ0) is 19.6. The molecule has 0 spiro atoms. The maximum atomic E-state index is 5.93. The Labute approximate surface area is 171 Å². The number of fused-ring (bicyclic) bond motifs is 2. The van der Waals surface area contributed by atoms with Crippen molar-refractivity contribution in [3.63, 3.8) is 0 Å². The van der Waals surface area contributed by atoms with Crippen molar-refractivity contribution in [2.75, 3.05) is 7.05 Å². The molecule has 1 aromatic carbocycles. The van der Waals surface area contributed by atoms with E-state index in [9.17, 15) is 0 Å². The van der Waals surface area contributed by atoms with Gasteiger partial charge >= 0.3 is 0 Å². The highest BCUT2D eigenvalue weighted by Crippen LogP contribution is 2.33. The van der Waals surface area contributed by atoms with Crippen molar-refractivity contribution in [2.45, 2.75) is 13.1 Å². The van der Waals surface area contributed by atoms with Gasteiger partial charge in [0.05, 0.1) is 11.0 Å². The van der Waals surface area contributed by atoms with Gasteiger partial charge in [-0.25, -0.2) is 4.98 Å². The highest BCUT2D eigenvalue weighted by Gasteiger charge is 2.12. The van der Waals surface area contributed by atoms with Crippen LogP contribution >= 0.6 is 11.3 Å². The third-order valence-electron chi connectivity index (χ3n) is 4.59. The van der Waals surface area contributed by atoms with E-state index in [0.29, 0.717) is 16.6 Å². The summed E-state index contributed by atoms with van der Waals surface area (Å²) in [6, 6.07) is 13.8. The van der Waals surface area contributed by atoms with Gasteiger partial charge in [0.2, 0.25) is 0 Å². The first-order valence-corrected chi connectivity index (χ1v) is 10.0. The molecule has 29 heavy (non-hydrogen) atoms. The molecule has 4 heterocycles. The molecule has 0 saturated heterocycles.